The Balaban J connectivity index is 1.36. The van der Waals surface area contributed by atoms with Crippen molar-refractivity contribution in [2.45, 2.75) is 32.4 Å². The molecular formula is C23H26N6. The van der Waals surface area contributed by atoms with Crippen molar-refractivity contribution in [3.8, 4) is 0 Å². The van der Waals surface area contributed by atoms with E-state index >= 15 is 0 Å². The van der Waals surface area contributed by atoms with Crippen LogP contribution < -0.4 is 21.1 Å². The zero-order valence-corrected chi connectivity index (χ0v) is 16.7. The summed E-state index contributed by atoms with van der Waals surface area (Å²) < 4.78 is 0. The number of aromatic nitrogens is 2. The molecule has 3 heterocycles. The lowest BCUT2D eigenvalue weighted by Crippen LogP contribution is -2.34. The highest BCUT2D eigenvalue weighted by Gasteiger charge is 2.34. The lowest BCUT2D eigenvalue weighted by Gasteiger charge is -2.32. The molecule has 2 aliphatic rings. The summed E-state index contributed by atoms with van der Waals surface area (Å²) in [6.45, 7) is 4.79. The van der Waals surface area contributed by atoms with Gasteiger partial charge >= 0.3 is 0 Å². The van der Waals surface area contributed by atoms with E-state index in [4.69, 9.17) is 9.97 Å². The Kier molecular flexibility index (Phi) is 4.77. The van der Waals surface area contributed by atoms with Crippen LogP contribution in [0.25, 0.3) is 0 Å². The highest BCUT2D eigenvalue weighted by molar-refractivity contribution is 5.67. The molecular weight excluding hydrogens is 360 g/mol. The molecule has 0 amide bonds. The molecule has 2 aromatic carbocycles. The lowest BCUT2D eigenvalue weighted by atomic mass is 10.0. The smallest absolute Gasteiger partial charge is 0.226 e. The summed E-state index contributed by atoms with van der Waals surface area (Å²) in [5.41, 5.74) is 11.8. The SMILES string of the molecule is Cc1ccccc1CCNc1nc2c3c(n1)N(Cc1ccccc1)CCC3NN2. The molecule has 0 aliphatic carbocycles. The van der Waals surface area contributed by atoms with Gasteiger partial charge < -0.3 is 15.6 Å². The number of nitrogens with one attached hydrogen (secondary N) is 3. The molecule has 6 heteroatoms. The van der Waals surface area contributed by atoms with Crippen molar-refractivity contribution in [2.24, 2.45) is 0 Å². The van der Waals surface area contributed by atoms with Gasteiger partial charge in [0.1, 0.15) is 5.82 Å². The third-order valence-electron chi connectivity index (χ3n) is 5.78. The predicted octanol–water partition coefficient (Wildman–Crippen LogP) is 3.82. The molecule has 0 spiro atoms. The molecule has 1 atom stereocenters. The Hall–Kier alpha value is -3.12. The van der Waals surface area contributed by atoms with Crippen LogP contribution in [-0.4, -0.2) is 23.1 Å². The van der Waals surface area contributed by atoms with E-state index in [0.717, 1.165) is 44.1 Å². The number of rotatable bonds is 6. The molecule has 6 nitrogen and oxygen atoms in total. The Labute approximate surface area is 171 Å². The molecule has 0 radical (unpaired) electrons. The van der Waals surface area contributed by atoms with Crippen molar-refractivity contribution in [2.75, 3.05) is 28.7 Å². The first-order valence-corrected chi connectivity index (χ1v) is 10.3. The van der Waals surface area contributed by atoms with Gasteiger partial charge in [0.05, 0.1) is 11.6 Å². The van der Waals surface area contributed by atoms with Gasteiger partial charge in [0, 0.05) is 19.6 Å². The third-order valence-corrected chi connectivity index (χ3v) is 5.78. The fraction of sp³-hybridized carbons (Fsp3) is 0.304. The van der Waals surface area contributed by atoms with Gasteiger partial charge in [0.25, 0.3) is 0 Å². The summed E-state index contributed by atoms with van der Waals surface area (Å²) in [4.78, 5) is 12.0. The normalized spacial score (nSPS) is 17.0. The second-order valence-electron chi connectivity index (χ2n) is 7.75. The van der Waals surface area contributed by atoms with E-state index in [1.54, 1.807) is 0 Å². The maximum atomic E-state index is 4.92. The van der Waals surface area contributed by atoms with Crippen LogP contribution in [0.5, 0.6) is 0 Å². The molecule has 0 fully saturated rings. The average Bonchev–Trinajstić information content (AvgIpc) is 3.16. The van der Waals surface area contributed by atoms with Crippen molar-refractivity contribution in [1.82, 2.24) is 15.4 Å². The molecule has 29 heavy (non-hydrogen) atoms. The van der Waals surface area contributed by atoms with Crippen LogP contribution >= 0.6 is 0 Å². The zero-order chi connectivity index (χ0) is 19.6. The number of hydrogen-bond acceptors (Lipinski definition) is 6. The minimum atomic E-state index is 0.285. The van der Waals surface area contributed by atoms with Crippen LogP contribution in [0.1, 0.15) is 34.7 Å². The number of nitrogens with zero attached hydrogens (tertiary/aromatic N) is 3. The summed E-state index contributed by atoms with van der Waals surface area (Å²) in [5.74, 6) is 2.62. The van der Waals surface area contributed by atoms with Crippen LogP contribution in [-0.2, 0) is 13.0 Å². The maximum Gasteiger partial charge on any atom is 0.226 e. The molecule has 0 saturated carbocycles. The van der Waals surface area contributed by atoms with Gasteiger partial charge in [-0.15, -0.1) is 0 Å². The van der Waals surface area contributed by atoms with Gasteiger partial charge in [0.2, 0.25) is 5.95 Å². The lowest BCUT2D eigenvalue weighted by molar-refractivity contribution is 0.534. The molecule has 2 aliphatic heterocycles. The van der Waals surface area contributed by atoms with Crippen LogP contribution in [0, 0.1) is 6.92 Å². The Bertz CT molecular complexity index is 1000. The first-order chi connectivity index (χ1) is 14.3. The molecule has 0 bridgehead atoms. The van der Waals surface area contributed by atoms with E-state index in [-0.39, 0.29) is 6.04 Å². The van der Waals surface area contributed by atoms with Crippen molar-refractivity contribution in [3.63, 3.8) is 0 Å². The largest absolute Gasteiger partial charge is 0.354 e. The third kappa shape index (κ3) is 3.63. The van der Waals surface area contributed by atoms with Crippen LogP contribution in [0.15, 0.2) is 54.6 Å². The number of anilines is 3. The molecule has 1 aromatic heterocycles. The van der Waals surface area contributed by atoms with Gasteiger partial charge in [-0.25, -0.2) is 5.43 Å². The number of hydrogen-bond donors (Lipinski definition) is 3. The first kappa shape index (κ1) is 17.9. The second-order valence-corrected chi connectivity index (χ2v) is 7.75. The van der Waals surface area contributed by atoms with Gasteiger partial charge in [-0.2, -0.15) is 9.97 Å². The topological polar surface area (TPSA) is 65.1 Å². The number of hydrazine groups is 1. The number of aryl methyl sites for hydroxylation is 1. The summed E-state index contributed by atoms with van der Waals surface area (Å²) >= 11 is 0. The highest BCUT2D eigenvalue weighted by Crippen LogP contribution is 2.41. The molecule has 0 saturated heterocycles. The van der Waals surface area contributed by atoms with E-state index in [1.165, 1.54) is 22.3 Å². The van der Waals surface area contributed by atoms with E-state index in [9.17, 15) is 0 Å². The first-order valence-electron chi connectivity index (χ1n) is 10.3. The van der Waals surface area contributed by atoms with Crippen LogP contribution in [0.4, 0.5) is 17.6 Å². The van der Waals surface area contributed by atoms with Crippen molar-refractivity contribution in [1.29, 1.82) is 0 Å². The Morgan fingerprint density at radius 2 is 1.90 bits per heavy atom. The maximum absolute atomic E-state index is 4.92. The zero-order valence-electron chi connectivity index (χ0n) is 16.7. The quantitative estimate of drug-likeness (QED) is 0.599. The highest BCUT2D eigenvalue weighted by atomic mass is 15.4. The fourth-order valence-corrected chi connectivity index (χ4v) is 4.19. The van der Waals surface area contributed by atoms with E-state index in [1.807, 2.05) is 0 Å². The Morgan fingerprint density at radius 3 is 2.76 bits per heavy atom. The molecule has 148 valence electrons. The second kappa shape index (κ2) is 7.72. The standard InChI is InChI=1S/C23H26N6/c1-16-7-5-6-10-18(16)11-13-24-23-25-21-20-19(27-28-21)12-14-29(22(20)26-23)15-17-8-3-2-4-9-17/h2-10,19,27H,11-15H2,1H3,(H2,24,25,26,28). The van der Waals surface area contributed by atoms with Crippen molar-refractivity contribution in [3.05, 3.63) is 76.9 Å². The summed E-state index contributed by atoms with van der Waals surface area (Å²) in [5, 5.41) is 3.43. The van der Waals surface area contributed by atoms with Crippen LogP contribution in [0.3, 0.4) is 0 Å². The molecule has 3 N–H and O–H groups in total. The van der Waals surface area contributed by atoms with Gasteiger partial charge in [-0.1, -0.05) is 54.6 Å². The average molecular weight is 387 g/mol. The number of benzene rings is 2. The summed E-state index contributed by atoms with van der Waals surface area (Å²) in [6.07, 6.45) is 1.99. The monoisotopic (exact) mass is 386 g/mol. The van der Waals surface area contributed by atoms with Crippen molar-refractivity contribution < 1.29 is 0 Å². The minimum absolute atomic E-state index is 0.285. The Morgan fingerprint density at radius 1 is 1.07 bits per heavy atom. The molecule has 5 rings (SSSR count). The van der Waals surface area contributed by atoms with E-state index < -0.39 is 0 Å². The van der Waals surface area contributed by atoms with Gasteiger partial charge in [-0.05, 0) is 36.5 Å². The van der Waals surface area contributed by atoms with Gasteiger partial charge in [-0.3, -0.25) is 0 Å². The summed E-state index contributed by atoms with van der Waals surface area (Å²) in [6, 6.07) is 19.4. The minimum Gasteiger partial charge on any atom is -0.354 e. The molecule has 1 unspecified atom stereocenters. The summed E-state index contributed by atoms with van der Waals surface area (Å²) in [7, 11) is 0. The van der Waals surface area contributed by atoms with E-state index in [2.05, 4.69) is 82.6 Å². The van der Waals surface area contributed by atoms with Crippen molar-refractivity contribution >= 4 is 17.6 Å². The fourth-order valence-electron chi connectivity index (χ4n) is 4.19. The van der Waals surface area contributed by atoms with Gasteiger partial charge in [0.15, 0.2) is 5.82 Å². The predicted molar refractivity (Wildman–Crippen MR) is 117 cm³/mol. The molecule has 3 aromatic rings. The van der Waals surface area contributed by atoms with Crippen LogP contribution in [0.2, 0.25) is 0 Å². The van der Waals surface area contributed by atoms with E-state index in [0.29, 0.717) is 5.95 Å².